The summed E-state index contributed by atoms with van der Waals surface area (Å²) < 4.78 is 25.5. The Morgan fingerprint density at radius 3 is 2.55 bits per heavy atom. The van der Waals surface area contributed by atoms with Gasteiger partial charge in [-0.15, -0.1) is 0 Å². The standard InChI is InChI=1S/C26H30FNO3/c1-26(2,3)31-25(29)14-18-7-10-20(11-8-18)21-5-4-6-23(15-21)30-17-22-12-9-19(16-28)13-24(22)27/h7-13,21,23H,4-6,14-15,17H2,1-3H3. The highest BCUT2D eigenvalue weighted by molar-refractivity contribution is 5.73. The first-order valence-electron chi connectivity index (χ1n) is 10.8. The van der Waals surface area contributed by atoms with Crippen LogP contribution in [0.3, 0.4) is 0 Å². The molecule has 2 aromatic rings. The zero-order valence-electron chi connectivity index (χ0n) is 18.5. The number of benzene rings is 2. The molecule has 0 N–H and O–H groups in total. The number of rotatable bonds is 6. The van der Waals surface area contributed by atoms with E-state index in [4.69, 9.17) is 14.7 Å². The van der Waals surface area contributed by atoms with Gasteiger partial charge in [0, 0.05) is 5.56 Å². The summed E-state index contributed by atoms with van der Waals surface area (Å²) in [5.74, 6) is -0.228. The normalized spacial score (nSPS) is 18.9. The summed E-state index contributed by atoms with van der Waals surface area (Å²) in [6, 6.07) is 14.6. The fourth-order valence-electron chi connectivity index (χ4n) is 3.99. The topological polar surface area (TPSA) is 59.3 Å². The highest BCUT2D eigenvalue weighted by atomic mass is 19.1. The molecule has 2 atom stereocenters. The fraction of sp³-hybridized carbons (Fsp3) is 0.462. The molecule has 31 heavy (non-hydrogen) atoms. The van der Waals surface area contributed by atoms with Gasteiger partial charge in [-0.3, -0.25) is 4.79 Å². The van der Waals surface area contributed by atoms with Crippen molar-refractivity contribution in [2.24, 2.45) is 0 Å². The number of halogens is 1. The van der Waals surface area contributed by atoms with Crippen LogP contribution in [0.15, 0.2) is 42.5 Å². The predicted octanol–water partition coefficient (Wildman–Crippen LogP) is 5.82. The van der Waals surface area contributed by atoms with Gasteiger partial charge in [0.15, 0.2) is 0 Å². The Bertz CT molecular complexity index is 941. The van der Waals surface area contributed by atoms with Crippen LogP contribution in [0.5, 0.6) is 0 Å². The second-order valence-electron chi connectivity index (χ2n) is 9.22. The fourth-order valence-corrected chi connectivity index (χ4v) is 3.99. The summed E-state index contributed by atoms with van der Waals surface area (Å²) >= 11 is 0. The lowest BCUT2D eigenvalue weighted by atomic mass is 9.82. The molecule has 0 spiro atoms. The molecule has 0 amide bonds. The number of nitrogens with zero attached hydrogens (tertiary/aromatic N) is 1. The summed E-state index contributed by atoms with van der Waals surface area (Å²) in [4.78, 5) is 12.0. The van der Waals surface area contributed by atoms with Gasteiger partial charge in [-0.1, -0.05) is 36.8 Å². The first kappa shape index (κ1) is 23.0. The molecule has 1 fully saturated rings. The number of esters is 1. The molecule has 5 heteroatoms. The van der Waals surface area contributed by atoms with Crippen molar-refractivity contribution in [1.82, 2.24) is 0 Å². The third-order valence-corrected chi connectivity index (χ3v) is 5.50. The minimum absolute atomic E-state index is 0.0789. The second kappa shape index (κ2) is 10.1. The van der Waals surface area contributed by atoms with Gasteiger partial charge in [-0.25, -0.2) is 4.39 Å². The summed E-state index contributed by atoms with van der Waals surface area (Å²) in [5, 5.41) is 8.86. The van der Waals surface area contributed by atoms with E-state index in [1.54, 1.807) is 12.1 Å². The molecule has 0 bridgehead atoms. The van der Waals surface area contributed by atoms with E-state index < -0.39 is 11.4 Å². The Labute approximate surface area is 184 Å². The molecule has 0 radical (unpaired) electrons. The molecule has 0 saturated heterocycles. The van der Waals surface area contributed by atoms with Gasteiger partial charge in [0.25, 0.3) is 0 Å². The van der Waals surface area contributed by atoms with Crippen molar-refractivity contribution in [3.8, 4) is 6.07 Å². The highest BCUT2D eigenvalue weighted by Crippen LogP contribution is 2.35. The lowest BCUT2D eigenvalue weighted by Crippen LogP contribution is -2.25. The molecule has 1 saturated carbocycles. The number of nitriles is 1. The van der Waals surface area contributed by atoms with Gasteiger partial charge in [0.05, 0.1) is 30.8 Å². The van der Waals surface area contributed by atoms with Crippen LogP contribution in [0.1, 0.15) is 74.6 Å². The number of hydrogen-bond donors (Lipinski definition) is 0. The van der Waals surface area contributed by atoms with Gasteiger partial charge in [0.1, 0.15) is 11.4 Å². The zero-order valence-corrected chi connectivity index (χ0v) is 18.5. The number of hydrogen-bond acceptors (Lipinski definition) is 4. The second-order valence-corrected chi connectivity index (χ2v) is 9.22. The number of carbonyl (C=O) groups excluding carboxylic acids is 1. The smallest absolute Gasteiger partial charge is 0.310 e. The van der Waals surface area contributed by atoms with Crippen LogP contribution < -0.4 is 0 Å². The van der Waals surface area contributed by atoms with E-state index >= 15 is 0 Å². The Morgan fingerprint density at radius 1 is 1.16 bits per heavy atom. The lowest BCUT2D eigenvalue weighted by molar-refractivity contribution is -0.153. The van der Waals surface area contributed by atoms with E-state index in [1.807, 2.05) is 39.0 Å². The van der Waals surface area contributed by atoms with Gasteiger partial charge < -0.3 is 9.47 Å². The van der Waals surface area contributed by atoms with E-state index in [0.717, 1.165) is 31.2 Å². The van der Waals surface area contributed by atoms with Crippen LogP contribution in [0, 0.1) is 17.1 Å². The maximum Gasteiger partial charge on any atom is 0.310 e. The van der Waals surface area contributed by atoms with Gasteiger partial charge >= 0.3 is 5.97 Å². The molecule has 4 nitrogen and oxygen atoms in total. The van der Waals surface area contributed by atoms with Crippen molar-refractivity contribution in [3.63, 3.8) is 0 Å². The quantitative estimate of drug-likeness (QED) is 0.549. The Morgan fingerprint density at radius 2 is 1.90 bits per heavy atom. The van der Waals surface area contributed by atoms with Gasteiger partial charge in [-0.05, 0) is 69.2 Å². The van der Waals surface area contributed by atoms with Crippen molar-refractivity contribution < 1.29 is 18.7 Å². The molecule has 3 rings (SSSR count). The average Bonchev–Trinajstić information content (AvgIpc) is 2.72. The maximum atomic E-state index is 14.1. The lowest BCUT2D eigenvalue weighted by Gasteiger charge is -2.29. The van der Waals surface area contributed by atoms with Crippen molar-refractivity contribution in [2.75, 3.05) is 0 Å². The Kier molecular flexibility index (Phi) is 7.46. The maximum absolute atomic E-state index is 14.1. The SMILES string of the molecule is CC(C)(C)OC(=O)Cc1ccc(C2CCCC(OCc3ccc(C#N)cc3F)C2)cc1. The minimum Gasteiger partial charge on any atom is -0.460 e. The molecular weight excluding hydrogens is 393 g/mol. The van der Waals surface area contributed by atoms with Crippen molar-refractivity contribution in [3.05, 3.63) is 70.5 Å². The summed E-state index contributed by atoms with van der Waals surface area (Å²) in [6.45, 7) is 5.81. The predicted molar refractivity (Wildman–Crippen MR) is 117 cm³/mol. The molecule has 2 unspecified atom stereocenters. The van der Waals surface area contributed by atoms with Crippen LogP contribution in [0.4, 0.5) is 4.39 Å². The van der Waals surface area contributed by atoms with Crippen molar-refractivity contribution >= 4 is 5.97 Å². The Hall–Kier alpha value is -2.71. The van der Waals surface area contributed by atoms with E-state index in [2.05, 4.69) is 12.1 Å². The van der Waals surface area contributed by atoms with Crippen molar-refractivity contribution in [1.29, 1.82) is 5.26 Å². The molecule has 0 aromatic heterocycles. The summed E-state index contributed by atoms with van der Waals surface area (Å²) in [5.41, 5.74) is 2.50. The first-order chi connectivity index (χ1) is 14.7. The van der Waals surface area contributed by atoms with Crippen molar-refractivity contribution in [2.45, 2.75) is 77.1 Å². The molecule has 1 aliphatic rings. The third-order valence-electron chi connectivity index (χ3n) is 5.50. The minimum atomic E-state index is -0.477. The first-order valence-corrected chi connectivity index (χ1v) is 10.8. The zero-order chi connectivity index (χ0) is 22.4. The van der Waals surface area contributed by atoms with Crippen LogP contribution in [-0.2, 0) is 27.3 Å². The highest BCUT2D eigenvalue weighted by Gasteiger charge is 2.24. The summed E-state index contributed by atoms with van der Waals surface area (Å²) in [7, 11) is 0. The van der Waals surface area contributed by atoms with Gasteiger partial charge in [-0.2, -0.15) is 5.26 Å². The molecule has 0 heterocycles. The van der Waals surface area contributed by atoms with Crippen LogP contribution in [0.25, 0.3) is 0 Å². The van der Waals surface area contributed by atoms with E-state index in [-0.39, 0.29) is 25.1 Å². The van der Waals surface area contributed by atoms with E-state index in [1.165, 1.54) is 11.6 Å². The van der Waals surface area contributed by atoms with Crippen LogP contribution >= 0.6 is 0 Å². The molecule has 164 valence electrons. The van der Waals surface area contributed by atoms with Gasteiger partial charge in [0.2, 0.25) is 0 Å². The van der Waals surface area contributed by atoms with Crippen LogP contribution in [-0.4, -0.2) is 17.7 Å². The van der Waals surface area contributed by atoms with E-state index in [0.29, 0.717) is 17.0 Å². The average molecular weight is 424 g/mol. The monoisotopic (exact) mass is 423 g/mol. The molecule has 1 aliphatic carbocycles. The molecule has 0 aliphatic heterocycles. The number of carbonyl (C=O) groups is 1. The number of ether oxygens (including phenoxy) is 2. The summed E-state index contributed by atoms with van der Waals surface area (Å²) in [6.07, 6.45) is 4.36. The Balaban J connectivity index is 1.54. The van der Waals surface area contributed by atoms with E-state index in [9.17, 15) is 9.18 Å². The largest absolute Gasteiger partial charge is 0.460 e. The molecular formula is C26H30FNO3. The molecule has 2 aromatic carbocycles. The van der Waals surface area contributed by atoms with Crippen LogP contribution in [0.2, 0.25) is 0 Å². The third kappa shape index (κ3) is 6.90.